The lowest BCUT2D eigenvalue weighted by Gasteiger charge is -2.45. The molecule has 0 spiro atoms. The topological polar surface area (TPSA) is 102 Å². The Morgan fingerprint density at radius 2 is 1.91 bits per heavy atom. The number of pyridine rings is 1. The lowest BCUT2D eigenvalue weighted by atomic mass is 9.95. The van der Waals surface area contributed by atoms with Gasteiger partial charge in [-0.2, -0.15) is 0 Å². The van der Waals surface area contributed by atoms with Crippen molar-refractivity contribution in [2.75, 3.05) is 38.3 Å². The van der Waals surface area contributed by atoms with E-state index >= 15 is 4.39 Å². The largest absolute Gasteiger partial charge is 0.497 e. The van der Waals surface area contributed by atoms with Crippen LogP contribution in [0.5, 0.6) is 11.5 Å². The Hall–Kier alpha value is -4.77. The van der Waals surface area contributed by atoms with Crippen LogP contribution in [0.1, 0.15) is 31.9 Å². The van der Waals surface area contributed by atoms with Crippen molar-refractivity contribution in [2.45, 2.75) is 45.9 Å². The monoisotopic (exact) mass is 659 g/mol. The summed E-state index contributed by atoms with van der Waals surface area (Å²) in [7, 11) is 1.60. The van der Waals surface area contributed by atoms with E-state index in [2.05, 4.69) is 14.9 Å². The molecule has 0 saturated carbocycles. The van der Waals surface area contributed by atoms with Crippen LogP contribution in [0, 0.1) is 12.7 Å². The number of aryl methyl sites for hydroxylation is 1. The van der Waals surface area contributed by atoms with E-state index in [1.807, 2.05) is 64.1 Å². The minimum atomic E-state index is -0.605. The fraction of sp³-hybridized carbons (Fsp3) is 0.343. The van der Waals surface area contributed by atoms with Crippen molar-refractivity contribution in [1.82, 2.24) is 19.4 Å². The molecule has 7 rings (SSSR count). The number of benzene rings is 3. The van der Waals surface area contributed by atoms with Crippen LogP contribution in [0.2, 0.25) is 5.02 Å². The Labute approximate surface area is 275 Å². The van der Waals surface area contributed by atoms with E-state index in [4.69, 9.17) is 25.8 Å². The first-order valence-electron chi connectivity index (χ1n) is 15.5. The summed E-state index contributed by atoms with van der Waals surface area (Å²) in [5.41, 5.74) is 3.33. The third-order valence-corrected chi connectivity index (χ3v) is 9.05. The summed E-state index contributed by atoms with van der Waals surface area (Å²) in [6.07, 6.45) is 1.16. The van der Waals surface area contributed by atoms with Gasteiger partial charge in [-0.05, 0) is 63.1 Å². The number of rotatable bonds is 4. The molecule has 0 aliphatic carbocycles. The fourth-order valence-electron chi connectivity index (χ4n) is 6.56. The van der Waals surface area contributed by atoms with Crippen LogP contribution in [0.3, 0.4) is 0 Å². The number of hydrogen-bond acceptors (Lipinski definition) is 7. The predicted molar refractivity (Wildman–Crippen MR) is 180 cm³/mol. The zero-order valence-electron chi connectivity index (χ0n) is 26.8. The summed E-state index contributed by atoms with van der Waals surface area (Å²) in [6.45, 7) is 9.36. The van der Waals surface area contributed by atoms with Gasteiger partial charge in [0.25, 0.3) is 0 Å². The number of H-pyrrole nitrogens is 1. The number of ether oxygens (including phenoxy) is 3. The minimum absolute atomic E-state index is 0.137. The molecule has 0 bridgehead atoms. The summed E-state index contributed by atoms with van der Waals surface area (Å²) in [5.74, 6) is 0.657. The molecular weight excluding hydrogens is 625 g/mol. The first-order chi connectivity index (χ1) is 22.4. The maximum absolute atomic E-state index is 16.8. The molecule has 1 saturated heterocycles. The molecule has 4 heterocycles. The molecule has 47 heavy (non-hydrogen) atoms. The number of aromatic nitrogens is 3. The number of nitrogens with zero attached hydrogens (tertiary/aromatic N) is 4. The van der Waals surface area contributed by atoms with E-state index in [1.54, 1.807) is 22.6 Å². The number of methoxy groups -OCH3 is 1. The lowest BCUT2D eigenvalue weighted by molar-refractivity contribution is 0.0195. The second kappa shape index (κ2) is 11.5. The van der Waals surface area contributed by atoms with Crippen molar-refractivity contribution in [3.63, 3.8) is 0 Å². The highest BCUT2D eigenvalue weighted by Gasteiger charge is 2.38. The minimum Gasteiger partial charge on any atom is -0.497 e. The zero-order chi connectivity index (χ0) is 33.2. The molecule has 1 fully saturated rings. The molecule has 2 aliphatic heterocycles. The van der Waals surface area contributed by atoms with Gasteiger partial charge in [-0.25, -0.2) is 19.0 Å². The lowest BCUT2D eigenvalue weighted by Crippen LogP contribution is -2.59. The van der Waals surface area contributed by atoms with Gasteiger partial charge in [-0.15, -0.1) is 0 Å². The number of halogens is 2. The zero-order valence-corrected chi connectivity index (χ0v) is 27.6. The van der Waals surface area contributed by atoms with Gasteiger partial charge in [-0.1, -0.05) is 29.8 Å². The predicted octanol–water partition coefficient (Wildman–Crippen LogP) is 6.52. The number of fused-ring (bicyclic) bond motifs is 6. The van der Waals surface area contributed by atoms with Gasteiger partial charge in [0.1, 0.15) is 23.5 Å². The number of aromatic amines is 1. The van der Waals surface area contributed by atoms with Gasteiger partial charge in [0.2, 0.25) is 0 Å². The van der Waals surface area contributed by atoms with E-state index in [9.17, 15) is 9.59 Å². The van der Waals surface area contributed by atoms with E-state index in [1.165, 1.54) is 6.20 Å². The van der Waals surface area contributed by atoms with Crippen LogP contribution < -0.4 is 20.1 Å². The van der Waals surface area contributed by atoms with Crippen molar-refractivity contribution in [3.05, 3.63) is 81.1 Å². The number of carbonyl (C=O) groups is 1. The summed E-state index contributed by atoms with van der Waals surface area (Å²) in [5, 5.41) is 0.693. The third-order valence-electron chi connectivity index (χ3n) is 8.75. The van der Waals surface area contributed by atoms with Gasteiger partial charge in [0.05, 0.1) is 47.6 Å². The molecule has 0 radical (unpaired) electrons. The summed E-state index contributed by atoms with van der Waals surface area (Å²) < 4.78 is 35.3. The molecule has 5 aromatic rings. The normalized spacial score (nSPS) is 16.2. The van der Waals surface area contributed by atoms with Crippen molar-refractivity contribution in [1.29, 1.82) is 0 Å². The second-order valence-corrected chi connectivity index (χ2v) is 13.4. The Kier molecular flexibility index (Phi) is 7.54. The molecule has 12 heteroatoms. The quantitative estimate of drug-likeness (QED) is 0.234. The Bertz CT molecular complexity index is 2100. The van der Waals surface area contributed by atoms with Crippen molar-refractivity contribution >= 4 is 45.3 Å². The summed E-state index contributed by atoms with van der Waals surface area (Å²) >= 11 is 6.96. The number of carbonyl (C=O) groups excluding carboxylic acids is 1. The molecular formula is C35H35ClFN5O5. The van der Waals surface area contributed by atoms with Crippen LogP contribution >= 0.6 is 11.6 Å². The highest BCUT2D eigenvalue weighted by atomic mass is 35.5. The number of imidazole rings is 1. The van der Waals surface area contributed by atoms with E-state index in [-0.39, 0.29) is 33.9 Å². The number of anilines is 1. The maximum atomic E-state index is 16.8. The Balaban J connectivity index is 1.29. The molecule has 2 aliphatic rings. The van der Waals surface area contributed by atoms with Crippen LogP contribution in [-0.4, -0.2) is 70.5 Å². The molecule has 10 nitrogen and oxygen atoms in total. The first kappa shape index (κ1) is 30.9. The van der Waals surface area contributed by atoms with Crippen molar-refractivity contribution in [3.8, 4) is 22.6 Å². The number of amides is 1. The molecule has 0 unspecified atom stereocenters. The summed E-state index contributed by atoms with van der Waals surface area (Å²) in [4.78, 5) is 37.3. The van der Waals surface area contributed by atoms with E-state index in [0.717, 1.165) is 16.9 Å². The summed E-state index contributed by atoms with van der Waals surface area (Å²) in [6, 6.07) is 12.8. The molecule has 3 aromatic carbocycles. The van der Waals surface area contributed by atoms with Gasteiger partial charge >= 0.3 is 11.8 Å². The van der Waals surface area contributed by atoms with E-state index in [0.29, 0.717) is 66.2 Å². The highest BCUT2D eigenvalue weighted by molar-refractivity contribution is 6.35. The average molecular weight is 660 g/mol. The van der Waals surface area contributed by atoms with Crippen molar-refractivity contribution in [2.24, 2.45) is 0 Å². The number of piperazine rings is 1. The van der Waals surface area contributed by atoms with Gasteiger partial charge in [0, 0.05) is 36.1 Å². The standard InChI is InChI=1S/C35H35ClFN5O5/c1-19-6-11-25-31(39-33(43)42(25)16-20-7-9-22(45-5)10-8-20)27(19)28-24(36)14-23-30(29(28)37)38-15-26-32(23)41-13-12-40(17-21(41)18-46-26)34(44)47-35(2,3)4/h6-11,14-15,21H,12-13,16-18H2,1-5H3,(H,39,43)/t21-/m1/s1. The number of nitrogens with one attached hydrogen (secondary N) is 1. The smallest absolute Gasteiger partial charge is 0.410 e. The Morgan fingerprint density at radius 3 is 2.64 bits per heavy atom. The third kappa shape index (κ3) is 5.42. The molecule has 2 aromatic heterocycles. The van der Waals surface area contributed by atoms with Crippen molar-refractivity contribution < 1.29 is 23.4 Å². The van der Waals surface area contributed by atoms with Crippen LogP contribution in [0.15, 0.2) is 53.5 Å². The van der Waals surface area contributed by atoms with Gasteiger partial charge < -0.3 is 29.0 Å². The first-order valence-corrected chi connectivity index (χ1v) is 15.8. The second-order valence-electron chi connectivity index (χ2n) is 13.0. The molecule has 244 valence electrons. The average Bonchev–Trinajstić information content (AvgIpc) is 3.35. The SMILES string of the molecule is COc1ccc(Cn2c(=O)[nH]c3c(-c4c(Cl)cc5c6c(cnc5c4F)OC[C@H]4CN(C(=O)OC(C)(C)C)CCN64)c(C)ccc32)cc1. The maximum Gasteiger partial charge on any atom is 0.410 e. The Morgan fingerprint density at radius 1 is 1.15 bits per heavy atom. The fourth-order valence-corrected chi connectivity index (χ4v) is 6.84. The van der Waals surface area contributed by atoms with E-state index < -0.39 is 11.4 Å². The van der Waals surface area contributed by atoms with Crippen LogP contribution in [0.25, 0.3) is 33.1 Å². The van der Waals surface area contributed by atoms with Gasteiger partial charge in [0.15, 0.2) is 11.6 Å². The molecule has 1 atom stereocenters. The molecule has 1 amide bonds. The van der Waals surface area contributed by atoms with Gasteiger partial charge in [-0.3, -0.25) is 4.57 Å². The highest BCUT2D eigenvalue weighted by Crippen LogP contribution is 2.46. The van der Waals surface area contributed by atoms with Crippen LogP contribution in [-0.2, 0) is 11.3 Å². The van der Waals surface area contributed by atoms with Crippen LogP contribution in [0.4, 0.5) is 14.9 Å². The molecule has 1 N–H and O–H groups in total. The number of hydrogen-bond donors (Lipinski definition) is 1.